The molecule has 0 N–H and O–H groups in total. The van der Waals surface area contributed by atoms with Crippen LogP contribution in [-0.4, -0.2) is 34.8 Å². The average molecular weight is 359 g/mol. The van der Waals surface area contributed by atoms with Crippen molar-refractivity contribution in [2.45, 2.75) is 39.8 Å². The molecule has 2 aromatic rings. The second-order valence-corrected chi connectivity index (χ2v) is 5.89. The van der Waals surface area contributed by atoms with Crippen LogP contribution in [0.15, 0.2) is 35.1 Å². The minimum absolute atomic E-state index is 0.0989. The number of aromatic nitrogens is 2. The van der Waals surface area contributed by atoms with Crippen molar-refractivity contribution in [1.82, 2.24) is 9.55 Å². The van der Waals surface area contributed by atoms with Crippen LogP contribution in [0.1, 0.15) is 24.0 Å². The van der Waals surface area contributed by atoms with E-state index >= 15 is 0 Å². The Bertz CT molecular complexity index is 799. The summed E-state index contributed by atoms with van der Waals surface area (Å²) in [6, 6.07) is 8.59. The number of carboxylic acid groups (broad SMARTS) is 1. The first kappa shape index (κ1) is 19.7. The number of hydrogen-bond donors (Lipinski definition) is 0. The third-order valence-corrected chi connectivity index (χ3v) is 3.89. The Kier molecular flexibility index (Phi) is 6.91. The van der Waals surface area contributed by atoms with Crippen LogP contribution in [0.4, 0.5) is 0 Å². The maximum absolute atomic E-state index is 12.0. The Labute approximate surface area is 152 Å². The van der Waals surface area contributed by atoms with Gasteiger partial charge in [-0.2, -0.15) is 0 Å². The molecule has 0 saturated carbocycles. The predicted molar refractivity (Wildman–Crippen MR) is 94.0 cm³/mol. The van der Waals surface area contributed by atoms with E-state index in [1.807, 2.05) is 0 Å². The van der Waals surface area contributed by atoms with Gasteiger partial charge in [-0.05, 0) is 38.5 Å². The Balaban J connectivity index is 1.92. The minimum Gasteiger partial charge on any atom is -0.547 e. The molecule has 2 rings (SSSR count). The number of ether oxygens (including phenoxy) is 2. The van der Waals surface area contributed by atoms with Crippen molar-refractivity contribution in [3.63, 3.8) is 0 Å². The van der Waals surface area contributed by atoms with Gasteiger partial charge in [0.1, 0.15) is 24.3 Å². The van der Waals surface area contributed by atoms with E-state index < -0.39 is 12.1 Å². The number of carbonyl (C=O) groups is 1. The highest BCUT2D eigenvalue weighted by Crippen LogP contribution is 2.14. The van der Waals surface area contributed by atoms with Gasteiger partial charge >= 0.3 is 0 Å². The summed E-state index contributed by atoms with van der Waals surface area (Å²) in [6.45, 7) is 6.35. The standard InChI is InChI=1S/C19H24N2O5/c1-4-25-17(19(23)24)12-15-5-7-16(8-6-15)26-10-9-21-14(3)20-13(2)11-18(21)22/h5-8,11,17H,4,9-10,12H2,1-3H3,(H,23,24)/p-1. The van der Waals surface area contributed by atoms with Gasteiger partial charge < -0.3 is 19.4 Å². The molecule has 26 heavy (non-hydrogen) atoms. The third-order valence-electron chi connectivity index (χ3n) is 3.89. The van der Waals surface area contributed by atoms with Crippen LogP contribution < -0.4 is 15.4 Å². The molecular formula is C19H23N2O5-. The van der Waals surface area contributed by atoms with Crippen molar-refractivity contribution < 1.29 is 19.4 Å². The molecule has 0 spiro atoms. The Morgan fingerprint density at radius 2 is 1.96 bits per heavy atom. The maximum Gasteiger partial charge on any atom is 0.253 e. The Morgan fingerprint density at radius 1 is 1.27 bits per heavy atom. The molecule has 0 amide bonds. The second-order valence-electron chi connectivity index (χ2n) is 5.89. The summed E-state index contributed by atoms with van der Waals surface area (Å²) in [4.78, 5) is 27.3. The topological polar surface area (TPSA) is 93.5 Å². The lowest BCUT2D eigenvalue weighted by atomic mass is 10.1. The Morgan fingerprint density at radius 3 is 2.54 bits per heavy atom. The van der Waals surface area contributed by atoms with Gasteiger partial charge in [-0.15, -0.1) is 0 Å². The molecule has 0 aliphatic carbocycles. The molecule has 7 heteroatoms. The summed E-state index contributed by atoms with van der Waals surface area (Å²) in [7, 11) is 0. The van der Waals surface area contributed by atoms with Gasteiger partial charge in [0.15, 0.2) is 0 Å². The van der Waals surface area contributed by atoms with Gasteiger partial charge in [0, 0.05) is 24.8 Å². The summed E-state index contributed by atoms with van der Waals surface area (Å²) in [6.07, 6.45) is -0.726. The van der Waals surface area contributed by atoms with Crippen LogP contribution in [0.25, 0.3) is 0 Å². The molecule has 140 valence electrons. The first-order chi connectivity index (χ1) is 12.4. The number of hydrogen-bond acceptors (Lipinski definition) is 6. The highest BCUT2D eigenvalue weighted by molar-refractivity contribution is 5.70. The molecule has 7 nitrogen and oxygen atoms in total. The number of benzene rings is 1. The highest BCUT2D eigenvalue weighted by Gasteiger charge is 2.11. The fraction of sp³-hybridized carbons (Fsp3) is 0.421. The zero-order valence-corrected chi connectivity index (χ0v) is 15.2. The highest BCUT2D eigenvalue weighted by atomic mass is 16.5. The van der Waals surface area contributed by atoms with Gasteiger partial charge in [-0.3, -0.25) is 9.36 Å². The fourth-order valence-electron chi connectivity index (χ4n) is 2.64. The number of nitrogens with zero attached hydrogens (tertiary/aromatic N) is 2. The lowest BCUT2D eigenvalue weighted by molar-refractivity contribution is -0.316. The fourth-order valence-corrected chi connectivity index (χ4v) is 2.64. The molecule has 1 atom stereocenters. The molecular weight excluding hydrogens is 336 g/mol. The van der Waals surface area contributed by atoms with Crippen molar-refractivity contribution >= 4 is 5.97 Å². The molecule has 0 bridgehead atoms. The molecule has 0 aliphatic heterocycles. The smallest absolute Gasteiger partial charge is 0.253 e. The second kappa shape index (κ2) is 9.15. The van der Waals surface area contributed by atoms with Crippen molar-refractivity contribution in [3.8, 4) is 5.75 Å². The summed E-state index contributed by atoms with van der Waals surface area (Å²) in [5.74, 6) is 0.0684. The van der Waals surface area contributed by atoms with Crippen LogP contribution in [0, 0.1) is 13.8 Å². The first-order valence-electron chi connectivity index (χ1n) is 8.50. The van der Waals surface area contributed by atoms with E-state index in [-0.39, 0.29) is 12.0 Å². The number of aliphatic carboxylic acids is 1. The van der Waals surface area contributed by atoms with Crippen LogP contribution in [0.3, 0.4) is 0 Å². The van der Waals surface area contributed by atoms with Gasteiger partial charge in [-0.25, -0.2) is 4.98 Å². The van der Waals surface area contributed by atoms with Crippen LogP contribution in [0.2, 0.25) is 0 Å². The quantitative estimate of drug-likeness (QED) is 0.652. The average Bonchev–Trinajstić information content (AvgIpc) is 2.58. The van der Waals surface area contributed by atoms with Gasteiger partial charge in [0.2, 0.25) is 0 Å². The van der Waals surface area contributed by atoms with E-state index in [1.54, 1.807) is 49.6 Å². The van der Waals surface area contributed by atoms with E-state index in [2.05, 4.69) is 4.98 Å². The number of rotatable bonds is 9. The molecule has 1 aromatic heterocycles. The normalized spacial score (nSPS) is 12.0. The van der Waals surface area contributed by atoms with Crippen molar-refractivity contribution in [2.75, 3.05) is 13.2 Å². The van der Waals surface area contributed by atoms with Crippen molar-refractivity contribution in [1.29, 1.82) is 0 Å². The summed E-state index contributed by atoms with van der Waals surface area (Å²) in [5, 5.41) is 11.0. The zero-order chi connectivity index (χ0) is 19.1. The molecule has 0 fully saturated rings. The zero-order valence-electron chi connectivity index (χ0n) is 15.2. The van der Waals surface area contributed by atoms with E-state index in [0.29, 0.717) is 37.0 Å². The minimum atomic E-state index is -1.22. The summed E-state index contributed by atoms with van der Waals surface area (Å²) < 4.78 is 12.4. The largest absolute Gasteiger partial charge is 0.547 e. The third kappa shape index (κ3) is 5.42. The number of carboxylic acids is 1. The van der Waals surface area contributed by atoms with Crippen molar-refractivity contribution in [3.05, 3.63) is 57.8 Å². The lowest BCUT2D eigenvalue weighted by Gasteiger charge is -2.18. The van der Waals surface area contributed by atoms with Crippen LogP contribution in [-0.2, 0) is 22.5 Å². The lowest BCUT2D eigenvalue weighted by Crippen LogP contribution is -2.39. The van der Waals surface area contributed by atoms with E-state index in [1.165, 1.54) is 6.07 Å². The monoisotopic (exact) mass is 359 g/mol. The van der Waals surface area contributed by atoms with E-state index in [0.717, 1.165) is 5.56 Å². The van der Waals surface area contributed by atoms with Crippen LogP contribution >= 0.6 is 0 Å². The number of aryl methyl sites for hydroxylation is 2. The first-order valence-corrected chi connectivity index (χ1v) is 8.50. The SMILES string of the molecule is CCOC(Cc1ccc(OCCn2c(C)nc(C)cc2=O)cc1)C(=O)[O-]. The molecule has 0 radical (unpaired) electrons. The van der Waals surface area contributed by atoms with Gasteiger partial charge in [-0.1, -0.05) is 12.1 Å². The molecule has 1 aromatic carbocycles. The molecule has 1 heterocycles. The van der Waals surface area contributed by atoms with Gasteiger partial charge in [0.05, 0.1) is 12.5 Å². The maximum atomic E-state index is 12.0. The van der Waals surface area contributed by atoms with Crippen molar-refractivity contribution in [2.24, 2.45) is 0 Å². The van der Waals surface area contributed by atoms with E-state index in [4.69, 9.17) is 9.47 Å². The summed E-state index contributed by atoms with van der Waals surface area (Å²) in [5.41, 5.74) is 1.41. The number of carbonyl (C=O) groups excluding carboxylic acids is 1. The van der Waals surface area contributed by atoms with Gasteiger partial charge in [0.25, 0.3) is 5.56 Å². The van der Waals surface area contributed by atoms with Crippen LogP contribution in [0.5, 0.6) is 5.75 Å². The Hall–Kier alpha value is -2.67. The van der Waals surface area contributed by atoms with E-state index in [9.17, 15) is 14.7 Å². The molecule has 0 aliphatic rings. The predicted octanol–water partition coefficient (Wildman–Crippen LogP) is 0.637. The summed E-state index contributed by atoms with van der Waals surface area (Å²) >= 11 is 0. The molecule has 1 unspecified atom stereocenters. The molecule has 0 saturated heterocycles.